The molecular weight excluding hydrogens is 238 g/mol. The highest BCUT2D eigenvalue weighted by molar-refractivity contribution is 5.26. The maximum atomic E-state index is 10.3. The van der Waals surface area contributed by atoms with Gasteiger partial charge >= 0.3 is 0 Å². The Balaban J connectivity index is 1.93. The maximum absolute atomic E-state index is 10.3. The second-order valence-corrected chi connectivity index (χ2v) is 5.87. The van der Waals surface area contributed by atoms with Gasteiger partial charge < -0.3 is 15.2 Å². The molecule has 3 heteroatoms. The topological polar surface area (TPSA) is 41.5 Å². The Kier molecular flexibility index (Phi) is 4.97. The minimum absolute atomic E-state index is 0.239. The second-order valence-electron chi connectivity index (χ2n) is 5.87. The average molecular weight is 263 g/mol. The highest BCUT2D eigenvalue weighted by Crippen LogP contribution is 2.22. The molecule has 0 saturated carbocycles. The van der Waals surface area contributed by atoms with Crippen molar-refractivity contribution in [3.63, 3.8) is 0 Å². The first-order chi connectivity index (χ1) is 9.06. The lowest BCUT2D eigenvalue weighted by atomic mass is 9.97. The Hall–Kier alpha value is -0.900. The van der Waals surface area contributed by atoms with Gasteiger partial charge in [0, 0.05) is 12.1 Å². The predicted molar refractivity (Wildman–Crippen MR) is 77.3 cm³/mol. The summed E-state index contributed by atoms with van der Waals surface area (Å²) in [4.78, 5) is 0. The van der Waals surface area contributed by atoms with Crippen LogP contribution in [-0.4, -0.2) is 30.4 Å². The van der Waals surface area contributed by atoms with Crippen LogP contribution in [0.4, 0.5) is 0 Å². The molecule has 1 aromatic carbocycles. The van der Waals surface area contributed by atoms with Crippen molar-refractivity contribution >= 4 is 0 Å². The standard InChI is InChI=1S/C16H25NO2/c1-11(2)13-4-6-14(7-5-13)16(18)8-15-10-19-9-12(3)17-15/h4-7,11-12,15-18H,8-10H2,1-3H3. The Morgan fingerprint density at radius 1 is 1.21 bits per heavy atom. The van der Waals surface area contributed by atoms with E-state index in [1.807, 2.05) is 12.1 Å². The van der Waals surface area contributed by atoms with Crippen LogP contribution in [0.15, 0.2) is 24.3 Å². The van der Waals surface area contributed by atoms with E-state index in [1.165, 1.54) is 5.56 Å². The number of aliphatic hydroxyl groups excluding tert-OH is 1. The van der Waals surface area contributed by atoms with Crippen LogP contribution in [0.25, 0.3) is 0 Å². The molecule has 0 aromatic heterocycles. The maximum Gasteiger partial charge on any atom is 0.0805 e. The summed E-state index contributed by atoms with van der Waals surface area (Å²) in [6.45, 7) is 7.91. The van der Waals surface area contributed by atoms with Gasteiger partial charge in [-0.15, -0.1) is 0 Å². The van der Waals surface area contributed by atoms with Crippen LogP contribution in [-0.2, 0) is 4.74 Å². The third-order valence-corrected chi connectivity index (χ3v) is 3.70. The third-order valence-electron chi connectivity index (χ3n) is 3.70. The molecule has 0 spiro atoms. The Bertz CT molecular complexity index is 388. The first-order valence-corrected chi connectivity index (χ1v) is 7.18. The van der Waals surface area contributed by atoms with E-state index in [2.05, 4.69) is 38.2 Å². The van der Waals surface area contributed by atoms with E-state index in [9.17, 15) is 5.11 Å². The molecule has 0 bridgehead atoms. The molecule has 3 unspecified atom stereocenters. The SMILES string of the molecule is CC1COCC(CC(O)c2ccc(C(C)C)cc2)N1. The Morgan fingerprint density at radius 3 is 2.42 bits per heavy atom. The van der Waals surface area contributed by atoms with Crippen molar-refractivity contribution in [1.29, 1.82) is 0 Å². The van der Waals surface area contributed by atoms with Crippen molar-refractivity contribution in [2.45, 2.75) is 51.3 Å². The van der Waals surface area contributed by atoms with Gasteiger partial charge in [-0.05, 0) is 30.4 Å². The van der Waals surface area contributed by atoms with Crippen molar-refractivity contribution in [3.8, 4) is 0 Å². The van der Waals surface area contributed by atoms with Gasteiger partial charge in [0.1, 0.15) is 0 Å². The molecule has 0 aliphatic carbocycles. The van der Waals surface area contributed by atoms with Gasteiger partial charge in [-0.1, -0.05) is 38.1 Å². The fraction of sp³-hybridized carbons (Fsp3) is 0.625. The lowest BCUT2D eigenvalue weighted by Crippen LogP contribution is -2.47. The number of nitrogens with one attached hydrogen (secondary N) is 1. The minimum Gasteiger partial charge on any atom is -0.388 e. The van der Waals surface area contributed by atoms with Crippen LogP contribution in [0.2, 0.25) is 0 Å². The molecule has 0 amide bonds. The number of hydrogen-bond acceptors (Lipinski definition) is 3. The van der Waals surface area contributed by atoms with Gasteiger partial charge in [-0.25, -0.2) is 0 Å². The first-order valence-electron chi connectivity index (χ1n) is 7.18. The molecule has 2 rings (SSSR count). The zero-order valence-corrected chi connectivity index (χ0v) is 12.1. The fourth-order valence-corrected chi connectivity index (χ4v) is 2.53. The van der Waals surface area contributed by atoms with E-state index in [0.29, 0.717) is 25.0 Å². The number of ether oxygens (including phenoxy) is 1. The fourth-order valence-electron chi connectivity index (χ4n) is 2.53. The molecule has 1 aliphatic rings. The number of benzene rings is 1. The van der Waals surface area contributed by atoms with Crippen molar-refractivity contribution < 1.29 is 9.84 Å². The van der Waals surface area contributed by atoms with E-state index in [0.717, 1.165) is 12.2 Å². The molecule has 3 atom stereocenters. The third kappa shape index (κ3) is 4.03. The Labute approximate surface area is 116 Å². The lowest BCUT2D eigenvalue weighted by molar-refractivity contribution is 0.0304. The van der Waals surface area contributed by atoms with Crippen LogP contribution in [0.3, 0.4) is 0 Å². The summed E-state index contributed by atoms with van der Waals surface area (Å²) >= 11 is 0. The number of hydrogen-bond donors (Lipinski definition) is 2. The lowest BCUT2D eigenvalue weighted by Gasteiger charge is -2.30. The van der Waals surface area contributed by atoms with Crippen molar-refractivity contribution in [1.82, 2.24) is 5.32 Å². The largest absolute Gasteiger partial charge is 0.388 e. The van der Waals surface area contributed by atoms with Crippen molar-refractivity contribution in [2.75, 3.05) is 13.2 Å². The van der Waals surface area contributed by atoms with Crippen LogP contribution in [0.1, 0.15) is 50.3 Å². The smallest absolute Gasteiger partial charge is 0.0805 e. The molecule has 19 heavy (non-hydrogen) atoms. The first kappa shape index (κ1) is 14.5. The summed E-state index contributed by atoms with van der Waals surface area (Å²) in [5.41, 5.74) is 2.30. The summed E-state index contributed by atoms with van der Waals surface area (Å²) in [5.74, 6) is 0.528. The van der Waals surface area contributed by atoms with Crippen LogP contribution >= 0.6 is 0 Å². The van der Waals surface area contributed by atoms with E-state index < -0.39 is 6.10 Å². The molecule has 1 heterocycles. The monoisotopic (exact) mass is 263 g/mol. The number of morpholine rings is 1. The average Bonchev–Trinajstić information content (AvgIpc) is 2.39. The molecule has 106 valence electrons. The zero-order chi connectivity index (χ0) is 13.8. The van der Waals surface area contributed by atoms with Gasteiger partial charge in [0.15, 0.2) is 0 Å². The van der Waals surface area contributed by atoms with Gasteiger partial charge in [0.25, 0.3) is 0 Å². The molecule has 1 saturated heterocycles. The summed E-state index contributed by atoms with van der Waals surface area (Å²) in [7, 11) is 0. The van der Waals surface area contributed by atoms with Crippen molar-refractivity contribution in [2.24, 2.45) is 0 Å². The highest BCUT2D eigenvalue weighted by Gasteiger charge is 2.21. The summed E-state index contributed by atoms with van der Waals surface area (Å²) in [6.07, 6.45) is 0.276. The van der Waals surface area contributed by atoms with E-state index in [-0.39, 0.29) is 6.04 Å². The number of rotatable bonds is 4. The van der Waals surface area contributed by atoms with Crippen LogP contribution < -0.4 is 5.32 Å². The van der Waals surface area contributed by atoms with Crippen LogP contribution in [0.5, 0.6) is 0 Å². The number of aliphatic hydroxyl groups is 1. The second kappa shape index (κ2) is 6.51. The minimum atomic E-state index is -0.424. The summed E-state index contributed by atoms with van der Waals surface area (Å²) in [5, 5.41) is 13.8. The van der Waals surface area contributed by atoms with E-state index in [4.69, 9.17) is 4.74 Å². The molecule has 1 aliphatic heterocycles. The zero-order valence-electron chi connectivity index (χ0n) is 12.1. The molecule has 1 aromatic rings. The molecule has 1 fully saturated rings. The molecule has 2 N–H and O–H groups in total. The normalized spacial score (nSPS) is 25.5. The van der Waals surface area contributed by atoms with Gasteiger partial charge in [-0.2, -0.15) is 0 Å². The van der Waals surface area contributed by atoms with Gasteiger partial charge in [-0.3, -0.25) is 0 Å². The quantitative estimate of drug-likeness (QED) is 0.877. The van der Waals surface area contributed by atoms with Crippen LogP contribution in [0, 0.1) is 0 Å². The molecular formula is C16H25NO2. The van der Waals surface area contributed by atoms with Gasteiger partial charge in [0.2, 0.25) is 0 Å². The van der Waals surface area contributed by atoms with E-state index in [1.54, 1.807) is 0 Å². The predicted octanol–water partition coefficient (Wildman–Crippen LogP) is 2.61. The molecule has 0 radical (unpaired) electrons. The highest BCUT2D eigenvalue weighted by atomic mass is 16.5. The van der Waals surface area contributed by atoms with E-state index >= 15 is 0 Å². The van der Waals surface area contributed by atoms with Gasteiger partial charge in [0.05, 0.1) is 19.3 Å². The summed E-state index contributed by atoms with van der Waals surface area (Å²) < 4.78 is 5.51. The Morgan fingerprint density at radius 2 is 1.84 bits per heavy atom. The summed E-state index contributed by atoms with van der Waals surface area (Å²) in [6, 6.07) is 8.89. The molecule has 3 nitrogen and oxygen atoms in total. The van der Waals surface area contributed by atoms with Crippen molar-refractivity contribution in [3.05, 3.63) is 35.4 Å².